The molecular weight excluding hydrogens is 304 g/mol. The van der Waals surface area contributed by atoms with Crippen molar-refractivity contribution in [3.8, 4) is 6.07 Å². The molecule has 1 N–H and O–H groups in total. The van der Waals surface area contributed by atoms with Gasteiger partial charge in [0.2, 0.25) is 5.91 Å². The van der Waals surface area contributed by atoms with E-state index in [0.29, 0.717) is 30.4 Å². The molecule has 2 heterocycles. The first kappa shape index (κ1) is 18.2. The highest BCUT2D eigenvalue weighted by molar-refractivity contribution is 5.77. The molecule has 0 bridgehead atoms. The first-order valence-electron chi connectivity index (χ1n) is 8.32. The maximum absolute atomic E-state index is 12.5. The van der Waals surface area contributed by atoms with Crippen LogP contribution in [0.2, 0.25) is 0 Å². The highest BCUT2D eigenvalue weighted by atomic mass is 16.2. The first-order valence-corrected chi connectivity index (χ1v) is 8.32. The van der Waals surface area contributed by atoms with E-state index < -0.39 is 0 Å². The Labute approximate surface area is 143 Å². The van der Waals surface area contributed by atoms with Crippen molar-refractivity contribution in [1.29, 1.82) is 5.26 Å². The van der Waals surface area contributed by atoms with Crippen molar-refractivity contribution in [3.05, 3.63) is 32.7 Å². The van der Waals surface area contributed by atoms with Crippen LogP contribution in [0.15, 0.2) is 4.79 Å². The second-order valence-electron chi connectivity index (χ2n) is 6.98. The summed E-state index contributed by atoms with van der Waals surface area (Å²) < 4.78 is 0. The largest absolute Gasteiger partial charge is 0.341 e. The number of hydrogen-bond acceptors (Lipinski definition) is 4. The van der Waals surface area contributed by atoms with Gasteiger partial charge < -0.3 is 14.8 Å². The molecule has 1 aromatic rings. The van der Waals surface area contributed by atoms with Crippen molar-refractivity contribution in [1.82, 2.24) is 14.8 Å². The van der Waals surface area contributed by atoms with Crippen molar-refractivity contribution in [2.75, 3.05) is 27.2 Å². The van der Waals surface area contributed by atoms with Crippen LogP contribution in [0, 0.1) is 31.1 Å². The predicted octanol–water partition coefficient (Wildman–Crippen LogP) is 1.20. The lowest BCUT2D eigenvalue weighted by molar-refractivity contribution is -0.130. The average Bonchev–Trinajstić information content (AvgIpc) is 2.89. The van der Waals surface area contributed by atoms with Gasteiger partial charge in [-0.25, -0.2) is 0 Å². The van der Waals surface area contributed by atoms with Gasteiger partial charge in [0.05, 0.1) is 0 Å². The van der Waals surface area contributed by atoms with Gasteiger partial charge in [0.1, 0.15) is 11.6 Å². The molecule has 6 nitrogen and oxygen atoms in total. The van der Waals surface area contributed by atoms with E-state index in [9.17, 15) is 9.59 Å². The van der Waals surface area contributed by atoms with Gasteiger partial charge in [-0.15, -0.1) is 0 Å². The number of nitrogens with zero attached hydrogens (tertiary/aromatic N) is 3. The van der Waals surface area contributed by atoms with Crippen LogP contribution in [0.4, 0.5) is 0 Å². The summed E-state index contributed by atoms with van der Waals surface area (Å²) in [5.74, 6) is 0.598. The Morgan fingerprint density at radius 3 is 2.58 bits per heavy atom. The molecule has 2 unspecified atom stereocenters. The molecule has 24 heavy (non-hydrogen) atoms. The number of aromatic nitrogens is 1. The maximum Gasteiger partial charge on any atom is 0.266 e. The van der Waals surface area contributed by atoms with Crippen LogP contribution in [0.3, 0.4) is 0 Å². The number of rotatable bonds is 4. The van der Waals surface area contributed by atoms with Crippen molar-refractivity contribution < 1.29 is 4.79 Å². The van der Waals surface area contributed by atoms with Crippen LogP contribution in [0.25, 0.3) is 0 Å². The number of aryl methyl sites for hydroxylation is 1. The summed E-state index contributed by atoms with van der Waals surface area (Å²) in [7, 11) is 4.09. The number of carbonyl (C=O) groups is 1. The van der Waals surface area contributed by atoms with E-state index in [1.54, 1.807) is 6.92 Å². The van der Waals surface area contributed by atoms with E-state index in [1.807, 2.05) is 32.0 Å². The number of aromatic amines is 1. The van der Waals surface area contributed by atoms with Crippen LogP contribution >= 0.6 is 0 Å². The quantitative estimate of drug-likeness (QED) is 0.900. The summed E-state index contributed by atoms with van der Waals surface area (Å²) in [5, 5.41) is 9.13. The number of likely N-dealkylation sites (tertiary alicyclic amines) is 1. The SMILES string of the molecule is Cc1[nH]c(=O)c(C#N)c(C)c1CCC(=O)N1CC(C)C(N(C)C)C1. The van der Waals surface area contributed by atoms with Crippen molar-refractivity contribution in [2.45, 2.75) is 39.7 Å². The van der Waals surface area contributed by atoms with E-state index in [4.69, 9.17) is 5.26 Å². The molecule has 0 aliphatic carbocycles. The lowest BCUT2D eigenvalue weighted by Gasteiger charge is -2.22. The zero-order valence-corrected chi connectivity index (χ0v) is 15.1. The fourth-order valence-corrected chi connectivity index (χ4v) is 3.64. The number of pyridine rings is 1. The lowest BCUT2D eigenvalue weighted by Crippen LogP contribution is -2.35. The van der Waals surface area contributed by atoms with Gasteiger partial charge in [0.25, 0.3) is 5.56 Å². The smallest absolute Gasteiger partial charge is 0.266 e. The Hall–Kier alpha value is -2.13. The number of H-pyrrole nitrogens is 1. The monoisotopic (exact) mass is 330 g/mol. The molecule has 1 aliphatic heterocycles. The normalized spacial score (nSPS) is 20.5. The summed E-state index contributed by atoms with van der Waals surface area (Å²) in [4.78, 5) is 31.1. The number of hydrogen-bond donors (Lipinski definition) is 1. The molecule has 0 saturated carbocycles. The Morgan fingerprint density at radius 2 is 2.04 bits per heavy atom. The van der Waals surface area contributed by atoms with Gasteiger partial charge in [-0.1, -0.05) is 6.92 Å². The molecular formula is C18H26N4O2. The zero-order valence-electron chi connectivity index (χ0n) is 15.1. The molecule has 1 aliphatic rings. The Bertz CT molecular complexity index is 730. The molecule has 0 aromatic carbocycles. The number of carbonyl (C=O) groups excluding carboxylic acids is 1. The topological polar surface area (TPSA) is 80.2 Å². The number of nitrogens with one attached hydrogen (secondary N) is 1. The zero-order chi connectivity index (χ0) is 18.0. The van der Waals surface area contributed by atoms with Gasteiger partial charge in [-0.2, -0.15) is 5.26 Å². The minimum absolute atomic E-state index is 0.134. The number of likely N-dealkylation sites (N-methyl/N-ethyl adjacent to an activating group) is 1. The van der Waals surface area contributed by atoms with Gasteiger partial charge in [0, 0.05) is 31.2 Å². The van der Waals surface area contributed by atoms with E-state index in [1.165, 1.54) is 0 Å². The molecule has 130 valence electrons. The molecule has 0 spiro atoms. The van der Waals surface area contributed by atoms with Gasteiger partial charge in [-0.05, 0) is 51.4 Å². The van der Waals surface area contributed by atoms with E-state index >= 15 is 0 Å². The highest BCUT2D eigenvalue weighted by Gasteiger charge is 2.33. The third kappa shape index (κ3) is 3.51. The predicted molar refractivity (Wildman–Crippen MR) is 92.8 cm³/mol. The van der Waals surface area contributed by atoms with E-state index in [-0.39, 0.29) is 17.0 Å². The summed E-state index contributed by atoms with van der Waals surface area (Å²) >= 11 is 0. The standard InChI is InChI=1S/C18H26N4O2/c1-11-9-22(10-16(11)21(4)5)17(23)7-6-14-12(2)15(8-19)18(24)20-13(14)3/h11,16H,6-7,9-10H2,1-5H3,(H,20,24). The van der Waals surface area contributed by atoms with Crippen LogP contribution in [0.5, 0.6) is 0 Å². The summed E-state index contributed by atoms with van der Waals surface area (Å²) in [6, 6.07) is 2.35. The van der Waals surface area contributed by atoms with Crippen molar-refractivity contribution in [2.24, 2.45) is 5.92 Å². The number of amides is 1. The van der Waals surface area contributed by atoms with E-state index in [0.717, 1.165) is 24.3 Å². The summed E-state index contributed by atoms with van der Waals surface area (Å²) in [6.07, 6.45) is 0.935. The van der Waals surface area contributed by atoms with E-state index in [2.05, 4.69) is 16.8 Å². The molecule has 1 fully saturated rings. The van der Waals surface area contributed by atoms with Crippen LogP contribution in [0.1, 0.15) is 35.7 Å². The highest BCUT2D eigenvalue weighted by Crippen LogP contribution is 2.22. The molecule has 1 aromatic heterocycles. The molecule has 2 rings (SSSR count). The second-order valence-corrected chi connectivity index (χ2v) is 6.98. The first-order chi connectivity index (χ1) is 11.3. The molecule has 1 amide bonds. The molecule has 2 atom stereocenters. The fraction of sp³-hybridized carbons (Fsp3) is 0.611. The maximum atomic E-state index is 12.5. The molecule has 0 radical (unpaired) electrons. The Kier molecular flexibility index (Phi) is 5.45. The van der Waals surface area contributed by atoms with Crippen LogP contribution < -0.4 is 5.56 Å². The average molecular weight is 330 g/mol. The minimum atomic E-state index is -0.357. The fourth-order valence-electron chi connectivity index (χ4n) is 3.64. The van der Waals surface area contributed by atoms with Crippen LogP contribution in [-0.4, -0.2) is 53.9 Å². The van der Waals surface area contributed by atoms with Gasteiger partial charge in [-0.3, -0.25) is 9.59 Å². The van der Waals surface area contributed by atoms with Gasteiger partial charge in [0.15, 0.2) is 0 Å². The van der Waals surface area contributed by atoms with Crippen molar-refractivity contribution >= 4 is 5.91 Å². The minimum Gasteiger partial charge on any atom is -0.341 e. The third-order valence-electron chi connectivity index (χ3n) is 5.10. The second kappa shape index (κ2) is 7.18. The lowest BCUT2D eigenvalue weighted by atomic mass is 9.99. The molecule has 1 saturated heterocycles. The van der Waals surface area contributed by atoms with Gasteiger partial charge >= 0.3 is 0 Å². The third-order valence-corrected chi connectivity index (χ3v) is 5.10. The number of nitriles is 1. The summed E-state index contributed by atoms with van der Waals surface area (Å²) in [6.45, 7) is 7.32. The summed E-state index contributed by atoms with van der Waals surface area (Å²) in [5.41, 5.74) is 2.11. The molecule has 6 heteroatoms. The van der Waals surface area contributed by atoms with Crippen molar-refractivity contribution in [3.63, 3.8) is 0 Å². The van der Waals surface area contributed by atoms with Crippen LogP contribution in [-0.2, 0) is 11.2 Å². The Morgan fingerprint density at radius 1 is 1.38 bits per heavy atom. The Balaban J connectivity index is 2.08.